The minimum atomic E-state index is -0.971. The highest BCUT2D eigenvalue weighted by molar-refractivity contribution is 6.33. The Labute approximate surface area is 117 Å². The van der Waals surface area contributed by atoms with Crippen molar-refractivity contribution in [2.45, 2.75) is 13.0 Å². The van der Waals surface area contributed by atoms with Gasteiger partial charge in [-0.3, -0.25) is 0 Å². The van der Waals surface area contributed by atoms with Gasteiger partial charge in [0.15, 0.2) is 0 Å². The lowest BCUT2D eigenvalue weighted by Crippen LogP contribution is -2.41. The second-order valence-corrected chi connectivity index (χ2v) is 4.88. The van der Waals surface area contributed by atoms with Crippen LogP contribution in [0.15, 0.2) is 24.3 Å². The Morgan fingerprint density at radius 1 is 1.58 bits per heavy atom. The molecule has 1 aliphatic rings. The highest BCUT2D eigenvalue weighted by Gasteiger charge is 2.20. The van der Waals surface area contributed by atoms with E-state index < -0.39 is 5.97 Å². The summed E-state index contributed by atoms with van der Waals surface area (Å²) in [4.78, 5) is 12.8. The first-order valence-electron chi connectivity index (χ1n) is 6.14. The zero-order valence-corrected chi connectivity index (χ0v) is 11.4. The maximum atomic E-state index is 10.6. The van der Waals surface area contributed by atoms with Crippen LogP contribution in [0.3, 0.4) is 0 Å². The van der Waals surface area contributed by atoms with Crippen LogP contribution in [0.5, 0.6) is 0 Å². The standard InChI is InChI=1S/C14H16ClNO3/c1-10-9-16(7-8-19-10)14-11(5-6-13(17)18)3-2-4-12(14)15/h2-6,10H,7-9H2,1H3,(H,17,18)/b6-5+. The van der Waals surface area contributed by atoms with E-state index in [1.54, 1.807) is 6.08 Å². The number of para-hydroxylation sites is 1. The molecule has 1 N–H and O–H groups in total. The van der Waals surface area contributed by atoms with Crippen molar-refractivity contribution in [3.8, 4) is 0 Å². The van der Waals surface area contributed by atoms with Crippen molar-refractivity contribution in [3.63, 3.8) is 0 Å². The van der Waals surface area contributed by atoms with Crippen LogP contribution in [0.4, 0.5) is 5.69 Å². The predicted molar refractivity (Wildman–Crippen MR) is 75.7 cm³/mol. The Morgan fingerprint density at radius 3 is 3.05 bits per heavy atom. The van der Waals surface area contributed by atoms with Crippen molar-refractivity contribution in [2.24, 2.45) is 0 Å². The van der Waals surface area contributed by atoms with E-state index in [1.165, 1.54) is 0 Å². The first-order chi connectivity index (χ1) is 9.08. The fourth-order valence-corrected chi connectivity index (χ4v) is 2.48. The number of carbonyl (C=O) groups is 1. The molecule has 0 saturated carbocycles. The van der Waals surface area contributed by atoms with Crippen molar-refractivity contribution in [1.29, 1.82) is 0 Å². The summed E-state index contributed by atoms with van der Waals surface area (Å²) in [7, 11) is 0. The number of rotatable bonds is 3. The predicted octanol–water partition coefficient (Wildman–Crippen LogP) is 2.66. The zero-order chi connectivity index (χ0) is 13.8. The molecule has 19 heavy (non-hydrogen) atoms. The second-order valence-electron chi connectivity index (χ2n) is 4.48. The number of carboxylic acid groups (broad SMARTS) is 1. The summed E-state index contributed by atoms with van der Waals surface area (Å²) in [5.74, 6) is -0.971. The van der Waals surface area contributed by atoms with E-state index in [4.69, 9.17) is 21.4 Å². The number of nitrogens with zero attached hydrogens (tertiary/aromatic N) is 1. The molecule has 0 aromatic heterocycles. The van der Waals surface area contributed by atoms with Crippen LogP contribution in [0.2, 0.25) is 5.02 Å². The summed E-state index contributed by atoms with van der Waals surface area (Å²) in [5, 5.41) is 9.36. The highest BCUT2D eigenvalue weighted by atomic mass is 35.5. The van der Waals surface area contributed by atoms with Crippen molar-refractivity contribution >= 4 is 29.3 Å². The minimum absolute atomic E-state index is 0.140. The average molecular weight is 282 g/mol. The van der Waals surface area contributed by atoms with E-state index in [1.807, 2.05) is 25.1 Å². The van der Waals surface area contributed by atoms with Gasteiger partial charge < -0.3 is 14.7 Å². The molecule has 5 heteroatoms. The third-order valence-electron chi connectivity index (χ3n) is 2.98. The summed E-state index contributed by atoms with van der Waals surface area (Å²) >= 11 is 6.26. The van der Waals surface area contributed by atoms with Gasteiger partial charge in [0.05, 0.1) is 23.4 Å². The fraction of sp³-hybridized carbons (Fsp3) is 0.357. The van der Waals surface area contributed by atoms with E-state index in [2.05, 4.69) is 4.90 Å². The van der Waals surface area contributed by atoms with E-state index in [0.29, 0.717) is 11.6 Å². The van der Waals surface area contributed by atoms with Gasteiger partial charge in [0, 0.05) is 19.2 Å². The van der Waals surface area contributed by atoms with Gasteiger partial charge in [-0.25, -0.2) is 4.79 Å². The van der Waals surface area contributed by atoms with Crippen molar-refractivity contribution in [3.05, 3.63) is 34.9 Å². The summed E-state index contributed by atoms with van der Waals surface area (Å²) in [6.07, 6.45) is 2.84. The van der Waals surface area contributed by atoms with Crippen LogP contribution in [0.25, 0.3) is 6.08 Å². The van der Waals surface area contributed by atoms with Gasteiger partial charge in [-0.1, -0.05) is 23.7 Å². The van der Waals surface area contributed by atoms with E-state index in [9.17, 15) is 4.79 Å². The maximum absolute atomic E-state index is 10.6. The third-order valence-corrected chi connectivity index (χ3v) is 3.29. The molecule has 0 amide bonds. The molecule has 1 aromatic rings. The van der Waals surface area contributed by atoms with Crippen LogP contribution in [-0.2, 0) is 9.53 Å². The summed E-state index contributed by atoms with van der Waals surface area (Å²) in [5.41, 5.74) is 1.68. The SMILES string of the molecule is CC1CN(c2c(Cl)cccc2/C=C/C(=O)O)CCO1. The molecular weight excluding hydrogens is 266 g/mol. The van der Waals surface area contributed by atoms with Gasteiger partial charge in [-0.05, 0) is 24.6 Å². The zero-order valence-electron chi connectivity index (χ0n) is 10.7. The molecule has 1 fully saturated rings. The van der Waals surface area contributed by atoms with E-state index >= 15 is 0 Å². The Morgan fingerprint density at radius 2 is 2.37 bits per heavy atom. The molecule has 0 aliphatic carbocycles. The first kappa shape index (κ1) is 13.9. The topological polar surface area (TPSA) is 49.8 Å². The van der Waals surface area contributed by atoms with Gasteiger partial charge in [-0.2, -0.15) is 0 Å². The number of ether oxygens (including phenoxy) is 1. The van der Waals surface area contributed by atoms with Crippen LogP contribution in [-0.4, -0.2) is 36.9 Å². The van der Waals surface area contributed by atoms with Crippen molar-refractivity contribution in [2.75, 3.05) is 24.6 Å². The van der Waals surface area contributed by atoms with Crippen LogP contribution in [0.1, 0.15) is 12.5 Å². The average Bonchev–Trinajstić information content (AvgIpc) is 2.36. The van der Waals surface area contributed by atoms with Gasteiger partial charge >= 0.3 is 5.97 Å². The van der Waals surface area contributed by atoms with Gasteiger partial charge in [0.25, 0.3) is 0 Å². The molecule has 102 valence electrons. The number of carboxylic acids is 1. The molecular formula is C14H16ClNO3. The molecule has 0 bridgehead atoms. The molecule has 2 rings (SSSR count). The number of halogens is 1. The second kappa shape index (κ2) is 6.08. The molecule has 4 nitrogen and oxygen atoms in total. The summed E-state index contributed by atoms with van der Waals surface area (Å²) in [6.45, 7) is 4.16. The Kier molecular flexibility index (Phi) is 4.45. The van der Waals surface area contributed by atoms with Gasteiger partial charge in [0.1, 0.15) is 0 Å². The Balaban J connectivity index is 2.34. The largest absolute Gasteiger partial charge is 0.478 e. The Hall–Kier alpha value is -1.52. The molecule has 0 radical (unpaired) electrons. The van der Waals surface area contributed by atoms with Gasteiger partial charge in [0.2, 0.25) is 0 Å². The summed E-state index contributed by atoms with van der Waals surface area (Å²) < 4.78 is 5.51. The van der Waals surface area contributed by atoms with Crippen LogP contribution < -0.4 is 4.90 Å². The number of benzene rings is 1. The highest BCUT2D eigenvalue weighted by Crippen LogP contribution is 2.32. The van der Waals surface area contributed by atoms with Crippen LogP contribution in [0, 0.1) is 0 Å². The first-order valence-corrected chi connectivity index (χ1v) is 6.52. The molecule has 1 aromatic carbocycles. The molecule has 1 atom stereocenters. The lowest BCUT2D eigenvalue weighted by atomic mass is 10.1. The van der Waals surface area contributed by atoms with Gasteiger partial charge in [-0.15, -0.1) is 0 Å². The number of hydrogen-bond donors (Lipinski definition) is 1. The van der Waals surface area contributed by atoms with Crippen molar-refractivity contribution in [1.82, 2.24) is 0 Å². The maximum Gasteiger partial charge on any atom is 0.328 e. The smallest absolute Gasteiger partial charge is 0.328 e. The quantitative estimate of drug-likeness (QED) is 0.866. The lowest BCUT2D eigenvalue weighted by Gasteiger charge is -2.34. The molecule has 1 saturated heterocycles. The third kappa shape index (κ3) is 3.49. The lowest BCUT2D eigenvalue weighted by molar-refractivity contribution is -0.131. The van der Waals surface area contributed by atoms with Crippen molar-refractivity contribution < 1.29 is 14.6 Å². The number of anilines is 1. The molecule has 0 spiro atoms. The number of aliphatic carboxylic acids is 1. The number of hydrogen-bond acceptors (Lipinski definition) is 3. The fourth-order valence-electron chi connectivity index (χ4n) is 2.18. The monoisotopic (exact) mass is 281 g/mol. The van der Waals surface area contributed by atoms with Crippen LogP contribution >= 0.6 is 11.6 Å². The minimum Gasteiger partial charge on any atom is -0.478 e. The summed E-state index contributed by atoms with van der Waals surface area (Å²) in [6, 6.07) is 5.49. The molecule has 1 heterocycles. The molecule has 1 aliphatic heterocycles. The Bertz CT molecular complexity index is 501. The van der Waals surface area contributed by atoms with E-state index in [0.717, 1.165) is 30.4 Å². The number of morpholine rings is 1. The molecule has 1 unspecified atom stereocenters. The van der Waals surface area contributed by atoms with E-state index in [-0.39, 0.29) is 6.10 Å². The normalized spacial score (nSPS) is 19.9.